The number of ether oxygens (including phenoxy) is 1. The molecule has 0 fully saturated rings. The van der Waals surface area contributed by atoms with Crippen LogP contribution in [0, 0.1) is 0 Å². The Kier molecular flexibility index (Phi) is 3.15. The molecular formula is C15H12BrNO. The molecule has 0 aromatic heterocycles. The van der Waals surface area contributed by atoms with E-state index < -0.39 is 0 Å². The third-order valence-electron chi connectivity index (χ3n) is 2.92. The maximum atomic E-state index is 5.95. The molecular weight excluding hydrogens is 290 g/mol. The van der Waals surface area contributed by atoms with Crippen molar-refractivity contribution in [3.8, 4) is 0 Å². The predicted octanol–water partition coefficient (Wildman–Crippen LogP) is 4.23. The molecule has 0 aliphatic carbocycles. The first-order valence-corrected chi connectivity index (χ1v) is 6.96. The summed E-state index contributed by atoms with van der Waals surface area (Å²) in [5.74, 6) is 0.693. The van der Waals surface area contributed by atoms with Crippen LogP contribution in [0.5, 0.6) is 0 Å². The first kappa shape index (κ1) is 11.5. The maximum Gasteiger partial charge on any atom is 0.221 e. The lowest BCUT2D eigenvalue weighted by Gasteiger charge is -2.24. The summed E-state index contributed by atoms with van der Waals surface area (Å²) in [6, 6.07) is 18.1. The second-order valence-corrected chi connectivity index (χ2v) is 4.75. The second kappa shape index (κ2) is 4.94. The molecule has 0 spiro atoms. The van der Waals surface area contributed by atoms with Crippen molar-refractivity contribution in [3.63, 3.8) is 0 Å². The highest BCUT2D eigenvalue weighted by molar-refractivity contribution is 9.09. The Labute approximate surface area is 114 Å². The molecule has 0 saturated heterocycles. The quantitative estimate of drug-likeness (QED) is 0.761. The van der Waals surface area contributed by atoms with Gasteiger partial charge in [-0.2, -0.15) is 0 Å². The largest absolute Gasteiger partial charge is 0.468 e. The van der Waals surface area contributed by atoms with E-state index in [1.165, 1.54) is 0 Å². The van der Waals surface area contributed by atoms with Crippen LogP contribution in [0.1, 0.15) is 17.2 Å². The van der Waals surface area contributed by atoms with Gasteiger partial charge in [-0.15, -0.1) is 0 Å². The normalized spacial score (nSPS) is 17.6. The average Bonchev–Trinajstić information content (AvgIpc) is 2.47. The molecule has 1 aliphatic heterocycles. The van der Waals surface area contributed by atoms with E-state index in [2.05, 4.69) is 27.0 Å². The van der Waals surface area contributed by atoms with Gasteiger partial charge in [0.05, 0.1) is 5.69 Å². The number of hydrogen-bond donors (Lipinski definition) is 0. The Morgan fingerprint density at radius 3 is 2.50 bits per heavy atom. The third-order valence-corrected chi connectivity index (χ3v) is 3.51. The first-order chi connectivity index (χ1) is 8.88. The smallest absolute Gasteiger partial charge is 0.221 e. The molecule has 0 bridgehead atoms. The summed E-state index contributed by atoms with van der Waals surface area (Å²) in [5, 5.41) is 0.760. The Morgan fingerprint density at radius 2 is 1.72 bits per heavy atom. The van der Waals surface area contributed by atoms with Gasteiger partial charge >= 0.3 is 0 Å². The van der Waals surface area contributed by atoms with Crippen molar-refractivity contribution in [1.82, 2.24) is 0 Å². The number of hydrogen-bond acceptors (Lipinski definition) is 2. The van der Waals surface area contributed by atoms with Crippen LogP contribution in [0.15, 0.2) is 59.6 Å². The predicted molar refractivity (Wildman–Crippen MR) is 76.7 cm³/mol. The van der Waals surface area contributed by atoms with Crippen LogP contribution in [-0.4, -0.2) is 11.2 Å². The van der Waals surface area contributed by atoms with Crippen LogP contribution in [0.2, 0.25) is 0 Å². The van der Waals surface area contributed by atoms with E-state index in [0.717, 1.165) is 22.1 Å². The number of nitrogens with zero attached hydrogens (tertiary/aromatic N) is 1. The number of fused-ring (bicyclic) bond motifs is 1. The van der Waals surface area contributed by atoms with Gasteiger partial charge in [0, 0.05) is 16.5 Å². The molecule has 0 radical (unpaired) electrons. The van der Waals surface area contributed by atoms with E-state index in [1.54, 1.807) is 0 Å². The standard InChI is InChI=1S/C15H12BrNO/c16-10-14-12-8-4-5-9-13(12)17-15(18-14)11-6-2-1-3-7-11/h1-9,14H,10H2. The Morgan fingerprint density at radius 1 is 1.00 bits per heavy atom. The molecule has 2 aromatic carbocycles. The molecule has 90 valence electrons. The van der Waals surface area contributed by atoms with Gasteiger partial charge in [-0.1, -0.05) is 52.3 Å². The molecule has 1 heterocycles. The van der Waals surface area contributed by atoms with Gasteiger partial charge in [0.1, 0.15) is 6.10 Å². The number of aliphatic imine (C=N–C) groups is 1. The van der Waals surface area contributed by atoms with Crippen molar-refractivity contribution in [2.75, 3.05) is 5.33 Å². The molecule has 2 aromatic rings. The summed E-state index contributed by atoms with van der Waals surface area (Å²) < 4.78 is 5.95. The molecule has 1 unspecified atom stereocenters. The number of rotatable bonds is 2. The van der Waals surface area contributed by atoms with E-state index in [-0.39, 0.29) is 6.10 Å². The lowest BCUT2D eigenvalue weighted by molar-refractivity contribution is 0.215. The zero-order valence-electron chi connectivity index (χ0n) is 9.71. The second-order valence-electron chi connectivity index (χ2n) is 4.10. The number of benzene rings is 2. The third kappa shape index (κ3) is 2.06. The van der Waals surface area contributed by atoms with Crippen LogP contribution in [-0.2, 0) is 4.74 Å². The summed E-state index contributed by atoms with van der Waals surface area (Å²) >= 11 is 3.50. The van der Waals surface area contributed by atoms with E-state index in [1.807, 2.05) is 48.5 Å². The zero-order valence-corrected chi connectivity index (χ0v) is 11.3. The van der Waals surface area contributed by atoms with Gasteiger partial charge < -0.3 is 4.74 Å². The Hall–Kier alpha value is -1.61. The van der Waals surface area contributed by atoms with E-state index in [9.17, 15) is 0 Å². The van der Waals surface area contributed by atoms with Crippen molar-refractivity contribution in [2.45, 2.75) is 6.10 Å². The fraction of sp³-hybridized carbons (Fsp3) is 0.133. The molecule has 18 heavy (non-hydrogen) atoms. The highest BCUT2D eigenvalue weighted by atomic mass is 79.9. The minimum Gasteiger partial charge on any atom is -0.468 e. The van der Waals surface area contributed by atoms with Crippen molar-refractivity contribution in [1.29, 1.82) is 0 Å². The lowest BCUT2D eigenvalue weighted by atomic mass is 10.1. The summed E-state index contributed by atoms with van der Waals surface area (Å²) in [5.41, 5.74) is 3.14. The molecule has 0 saturated carbocycles. The maximum absolute atomic E-state index is 5.95. The van der Waals surface area contributed by atoms with Crippen LogP contribution >= 0.6 is 15.9 Å². The van der Waals surface area contributed by atoms with Crippen LogP contribution < -0.4 is 0 Å². The molecule has 2 nitrogen and oxygen atoms in total. The monoisotopic (exact) mass is 301 g/mol. The van der Waals surface area contributed by atoms with Gasteiger partial charge in [-0.3, -0.25) is 0 Å². The van der Waals surface area contributed by atoms with Gasteiger partial charge in [-0.25, -0.2) is 4.99 Å². The topological polar surface area (TPSA) is 21.6 Å². The number of para-hydroxylation sites is 1. The SMILES string of the molecule is BrCC1OC(c2ccccc2)=Nc2ccccc21. The van der Waals surface area contributed by atoms with Gasteiger partial charge in [0.25, 0.3) is 0 Å². The minimum absolute atomic E-state index is 0.0221. The highest BCUT2D eigenvalue weighted by Gasteiger charge is 2.23. The van der Waals surface area contributed by atoms with E-state index in [4.69, 9.17) is 4.74 Å². The fourth-order valence-corrected chi connectivity index (χ4v) is 2.50. The van der Waals surface area contributed by atoms with E-state index in [0.29, 0.717) is 5.90 Å². The Balaban J connectivity index is 2.07. The van der Waals surface area contributed by atoms with Gasteiger partial charge in [0.2, 0.25) is 5.90 Å². The summed E-state index contributed by atoms with van der Waals surface area (Å²) in [6.07, 6.45) is 0.0221. The highest BCUT2D eigenvalue weighted by Crippen LogP contribution is 2.34. The van der Waals surface area contributed by atoms with Crippen molar-refractivity contribution >= 4 is 27.5 Å². The lowest BCUT2D eigenvalue weighted by Crippen LogP contribution is -2.17. The molecule has 3 heteroatoms. The van der Waals surface area contributed by atoms with Gasteiger partial charge in [-0.05, 0) is 18.2 Å². The number of halogens is 1. The zero-order chi connectivity index (χ0) is 12.4. The van der Waals surface area contributed by atoms with E-state index >= 15 is 0 Å². The van der Waals surface area contributed by atoms with Crippen molar-refractivity contribution in [3.05, 3.63) is 65.7 Å². The van der Waals surface area contributed by atoms with Crippen LogP contribution in [0.4, 0.5) is 5.69 Å². The summed E-state index contributed by atoms with van der Waals surface area (Å²) in [4.78, 5) is 4.59. The average molecular weight is 302 g/mol. The molecule has 3 rings (SSSR count). The molecule has 1 atom stereocenters. The van der Waals surface area contributed by atoms with Crippen LogP contribution in [0.25, 0.3) is 0 Å². The van der Waals surface area contributed by atoms with Crippen molar-refractivity contribution in [2.24, 2.45) is 4.99 Å². The number of alkyl halides is 1. The van der Waals surface area contributed by atoms with Crippen molar-refractivity contribution < 1.29 is 4.74 Å². The first-order valence-electron chi connectivity index (χ1n) is 5.84. The molecule has 1 aliphatic rings. The fourth-order valence-electron chi connectivity index (χ4n) is 2.02. The summed E-state index contributed by atoms with van der Waals surface area (Å²) in [7, 11) is 0. The minimum atomic E-state index is 0.0221. The molecule has 0 amide bonds. The van der Waals surface area contributed by atoms with Gasteiger partial charge in [0.15, 0.2) is 0 Å². The summed E-state index contributed by atoms with van der Waals surface area (Å²) in [6.45, 7) is 0. The molecule has 0 N–H and O–H groups in total. The van der Waals surface area contributed by atoms with Crippen LogP contribution in [0.3, 0.4) is 0 Å². The Bertz CT molecular complexity index is 580.